The largest absolute Gasteiger partial charge is 0.416 e. The topological polar surface area (TPSA) is 106 Å². The van der Waals surface area contributed by atoms with Gasteiger partial charge in [-0.2, -0.15) is 13.2 Å². The van der Waals surface area contributed by atoms with E-state index < -0.39 is 23.7 Å². The predicted molar refractivity (Wildman–Crippen MR) is 169 cm³/mol. The van der Waals surface area contributed by atoms with Crippen molar-refractivity contribution in [2.45, 2.75) is 13.1 Å². The Morgan fingerprint density at radius 1 is 0.867 bits per heavy atom. The summed E-state index contributed by atoms with van der Waals surface area (Å²) in [4.78, 5) is 40.4. The predicted octanol–water partition coefficient (Wildman–Crippen LogP) is 6.22. The summed E-state index contributed by atoms with van der Waals surface area (Å²) in [7, 11) is 3.68. The van der Waals surface area contributed by atoms with E-state index in [2.05, 4.69) is 54.9 Å². The zero-order valence-electron chi connectivity index (χ0n) is 25.0. The Bertz CT molecular complexity index is 1690. The van der Waals surface area contributed by atoms with Gasteiger partial charge in [0, 0.05) is 67.6 Å². The number of nitrogens with zero attached hydrogens (tertiary/aromatic N) is 5. The number of hydrogen-bond donors (Lipinski definition) is 3. The van der Waals surface area contributed by atoms with Crippen LogP contribution in [0, 0.1) is 6.92 Å². The number of carbonyl (C=O) groups excluding carboxylic acids is 2. The molecule has 0 saturated carbocycles. The number of halogens is 3. The SMILES string of the molecule is Cc1ccc(NC(=O)c2cccc(C(F)(F)F)c2)cc1NC(=O)N(C)c1cc(Nc2cccc(N3CCN(C)CC3)c2)ncn1. The van der Waals surface area contributed by atoms with Gasteiger partial charge in [0.05, 0.1) is 5.56 Å². The first-order valence-corrected chi connectivity index (χ1v) is 14.2. The molecule has 4 aromatic rings. The van der Waals surface area contributed by atoms with Crippen LogP contribution >= 0.6 is 0 Å². The molecule has 0 aliphatic carbocycles. The lowest BCUT2D eigenvalue weighted by Gasteiger charge is -2.34. The molecular weight excluding hydrogens is 585 g/mol. The Hall–Kier alpha value is -5.17. The molecule has 13 heteroatoms. The molecule has 2 heterocycles. The Morgan fingerprint density at radius 3 is 2.38 bits per heavy atom. The number of piperazine rings is 1. The lowest BCUT2D eigenvalue weighted by Crippen LogP contribution is -2.44. The van der Waals surface area contributed by atoms with Gasteiger partial charge in [0.1, 0.15) is 18.0 Å². The van der Waals surface area contributed by atoms with E-state index in [0.717, 1.165) is 49.7 Å². The van der Waals surface area contributed by atoms with Crippen LogP contribution in [-0.2, 0) is 6.18 Å². The van der Waals surface area contributed by atoms with Gasteiger partial charge in [-0.3, -0.25) is 9.69 Å². The van der Waals surface area contributed by atoms with Crippen molar-refractivity contribution in [3.05, 3.63) is 95.8 Å². The summed E-state index contributed by atoms with van der Waals surface area (Å²) in [5, 5.41) is 8.68. The third-order valence-electron chi connectivity index (χ3n) is 7.48. The minimum atomic E-state index is -4.57. The molecule has 234 valence electrons. The number of hydrogen-bond acceptors (Lipinski definition) is 7. The fourth-order valence-electron chi connectivity index (χ4n) is 4.77. The van der Waals surface area contributed by atoms with Crippen molar-refractivity contribution in [2.75, 3.05) is 66.0 Å². The fraction of sp³-hybridized carbons (Fsp3) is 0.250. The van der Waals surface area contributed by atoms with Crippen LogP contribution in [0.3, 0.4) is 0 Å². The van der Waals surface area contributed by atoms with Crippen molar-refractivity contribution in [2.24, 2.45) is 0 Å². The molecule has 0 atom stereocenters. The number of alkyl halides is 3. The van der Waals surface area contributed by atoms with Crippen molar-refractivity contribution in [3.63, 3.8) is 0 Å². The second kappa shape index (κ2) is 13.2. The molecule has 10 nitrogen and oxygen atoms in total. The van der Waals surface area contributed by atoms with E-state index in [1.807, 2.05) is 12.1 Å². The highest BCUT2D eigenvalue weighted by molar-refractivity contribution is 6.05. The van der Waals surface area contributed by atoms with Gasteiger partial charge >= 0.3 is 12.2 Å². The van der Waals surface area contributed by atoms with E-state index in [4.69, 9.17) is 0 Å². The number of benzene rings is 3. The fourth-order valence-corrected chi connectivity index (χ4v) is 4.77. The number of urea groups is 1. The van der Waals surface area contributed by atoms with Gasteiger partial charge in [0.15, 0.2) is 0 Å². The number of aromatic nitrogens is 2. The summed E-state index contributed by atoms with van der Waals surface area (Å²) in [6.45, 7) is 5.67. The summed E-state index contributed by atoms with van der Waals surface area (Å²) in [5.41, 5.74) is 2.31. The number of likely N-dealkylation sites (N-methyl/N-ethyl adjacent to an activating group) is 1. The van der Waals surface area contributed by atoms with E-state index in [1.54, 1.807) is 32.2 Å². The maximum atomic E-state index is 13.2. The highest BCUT2D eigenvalue weighted by Crippen LogP contribution is 2.30. The lowest BCUT2D eigenvalue weighted by atomic mass is 10.1. The van der Waals surface area contributed by atoms with Crippen molar-refractivity contribution >= 4 is 46.3 Å². The van der Waals surface area contributed by atoms with Crippen LogP contribution in [0.2, 0.25) is 0 Å². The molecule has 0 spiro atoms. The van der Waals surface area contributed by atoms with Crippen LogP contribution < -0.4 is 25.8 Å². The standard InChI is InChI=1S/C32H33F3N8O2/c1-21-10-11-25(39-30(44)22-6-4-7-23(16-22)32(33,34)35)18-27(21)40-31(45)42(3)29-19-28(36-20-37-29)38-24-8-5-9-26(17-24)43-14-12-41(2)13-15-43/h4-11,16-20H,12-15H2,1-3H3,(H,39,44)(H,40,45)(H,36,37,38). The van der Waals surface area contributed by atoms with Crippen LogP contribution in [0.5, 0.6) is 0 Å². The highest BCUT2D eigenvalue weighted by Gasteiger charge is 2.31. The number of rotatable bonds is 7. The van der Waals surface area contributed by atoms with E-state index in [9.17, 15) is 22.8 Å². The van der Waals surface area contributed by atoms with Crippen LogP contribution in [-0.4, -0.2) is 67.1 Å². The Morgan fingerprint density at radius 2 is 1.62 bits per heavy atom. The minimum Gasteiger partial charge on any atom is -0.369 e. The highest BCUT2D eigenvalue weighted by atomic mass is 19.4. The van der Waals surface area contributed by atoms with Gasteiger partial charge < -0.3 is 25.8 Å². The summed E-state index contributed by atoms with van der Waals surface area (Å²) in [5.74, 6) is 0.131. The van der Waals surface area contributed by atoms with Gasteiger partial charge in [-0.05, 0) is 68.1 Å². The van der Waals surface area contributed by atoms with Crippen molar-refractivity contribution < 1.29 is 22.8 Å². The van der Waals surface area contributed by atoms with Crippen LogP contribution in [0.15, 0.2) is 79.1 Å². The van der Waals surface area contributed by atoms with E-state index in [-0.39, 0.29) is 5.56 Å². The maximum absolute atomic E-state index is 13.2. The molecule has 1 fully saturated rings. The molecule has 1 aliphatic heterocycles. The number of aryl methyl sites for hydroxylation is 1. The second-order valence-electron chi connectivity index (χ2n) is 10.8. The minimum absolute atomic E-state index is 0.144. The first-order chi connectivity index (χ1) is 21.5. The number of nitrogens with one attached hydrogen (secondary N) is 3. The van der Waals surface area contributed by atoms with Crippen molar-refractivity contribution in [1.82, 2.24) is 14.9 Å². The number of amides is 3. The number of anilines is 6. The van der Waals surface area contributed by atoms with Gasteiger partial charge in [-0.25, -0.2) is 14.8 Å². The van der Waals surface area contributed by atoms with Crippen LogP contribution in [0.1, 0.15) is 21.5 Å². The molecule has 1 aliphatic rings. The molecule has 3 N–H and O–H groups in total. The van der Waals surface area contributed by atoms with Gasteiger partial charge in [-0.1, -0.05) is 18.2 Å². The third-order valence-corrected chi connectivity index (χ3v) is 7.48. The molecule has 45 heavy (non-hydrogen) atoms. The Labute approximate surface area is 258 Å². The molecule has 0 bridgehead atoms. The van der Waals surface area contributed by atoms with Crippen molar-refractivity contribution in [3.8, 4) is 0 Å². The van der Waals surface area contributed by atoms with Gasteiger partial charge in [-0.15, -0.1) is 0 Å². The summed E-state index contributed by atoms with van der Waals surface area (Å²) in [6, 6.07) is 18.2. The first kappa shape index (κ1) is 31.3. The van der Waals surface area contributed by atoms with Gasteiger partial charge in [0.25, 0.3) is 5.91 Å². The quantitative estimate of drug-likeness (QED) is 0.226. The van der Waals surface area contributed by atoms with E-state index in [0.29, 0.717) is 28.6 Å². The van der Waals surface area contributed by atoms with Gasteiger partial charge in [0.2, 0.25) is 0 Å². The van der Waals surface area contributed by atoms with E-state index >= 15 is 0 Å². The summed E-state index contributed by atoms with van der Waals surface area (Å²) >= 11 is 0. The Kier molecular flexibility index (Phi) is 9.18. The zero-order valence-corrected chi connectivity index (χ0v) is 25.0. The molecule has 5 rings (SSSR count). The molecular formula is C32H33F3N8O2. The molecule has 1 saturated heterocycles. The van der Waals surface area contributed by atoms with Crippen LogP contribution in [0.25, 0.3) is 0 Å². The second-order valence-corrected chi connectivity index (χ2v) is 10.8. The molecule has 0 unspecified atom stereocenters. The monoisotopic (exact) mass is 618 g/mol. The van der Waals surface area contributed by atoms with E-state index in [1.165, 1.54) is 29.4 Å². The lowest BCUT2D eigenvalue weighted by molar-refractivity contribution is -0.137. The normalized spacial score (nSPS) is 13.7. The average molecular weight is 619 g/mol. The van der Waals surface area contributed by atoms with Crippen LogP contribution in [0.4, 0.5) is 52.4 Å². The summed E-state index contributed by atoms with van der Waals surface area (Å²) < 4.78 is 39.3. The average Bonchev–Trinajstić information content (AvgIpc) is 3.02. The Balaban J connectivity index is 1.24. The molecule has 1 aromatic heterocycles. The van der Waals surface area contributed by atoms with Crippen molar-refractivity contribution in [1.29, 1.82) is 0 Å². The number of carbonyl (C=O) groups is 2. The first-order valence-electron chi connectivity index (χ1n) is 14.2. The molecule has 0 radical (unpaired) electrons. The summed E-state index contributed by atoms with van der Waals surface area (Å²) in [6.07, 6.45) is -3.21. The smallest absolute Gasteiger partial charge is 0.369 e. The molecule has 3 aromatic carbocycles. The zero-order chi connectivity index (χ0) is 32.1. The third kappa shape index (κ3) is 7.87. The molecule has 3 amide bonds. The maximum Gasteiger partial charge on any atom is 0.416 e.